The van der Waals surface area contributed by atoms with Crippen LogP contribution in [0.2, 0.25) is 0 Å². The standard InChI is InChI=1S/C16H28O/c1-12-13-7-10-15(11-13,14(12,2)3)16(17)8-5-4-6-9-16/h12-13,17H,4-11H2,1-3H3. The summed E-state index contributed by atoms with van der Waals surface area (Å²) in [5.74, 6) is 1.68. The van der Waals surface area contributed by atoms with Crippen molar-refractivity contribution in [1.29, 1.82) is 0 Å². The second-order valence-electron chi connectivity index (χ2n) is 7.69. The zero-order valence-corrected chi connectivity index (χ0v) is 11.8. The fraction of sp³-hybridized carbons (Fsp3) is 1.00. The van der Waals surface area contributed by atoms with E-state index >= 15 is 0 Å². The molecule has 3 saturated carbocycles. The minimum absolute atomic E-state index is 0.241. The van der Waals surface area contributed by atoms with Crippen LogP contribution in [0.5, 0.6) is 0 Å². The Morgan fingerprint density at radius 3 is 2.18 bits per heavy atom. The summed E-state index contributed by atoms with van der Waals surface area (Å²) in [7, 11) is 0. The van der Waals surface area contributed by atoms with Gasteiger partial charge in [0.15, 0.2) is 0 Å². The zero-order chi connectivity index (χ0) is 12.3. The molecule has 1 N–H and O–H groups in total. The highest BCUT2D eigenvalue weighted by molar-refractivity contribution is 5.17. The molecule has 3 aliphatic rings. The largest absolute Gasteiger partial charge is 0.389 e. The van der Waals surface area contributed by atoms with Gasteiger partial charge in [-0.05, 0) is 49.4 Å². The molecule has 0 aromatic carbocycles. The average molecular weight is 236 g/mol. The van der Waals surface area contributed by atoms with Gasteiger partial charge in [0.2, 0.25) is 0 Å². The topological polar surface area (TPSA) is 20.2 Å². The summed E-state index contributed by atoms with van der Waals surface area (Å²) >= 11 is 0. The summed E-state index contributed by atoms with van der Waals surface area (Å²) in [5.41, 5.74) is 0.237. The van der Waals surface area contributed by atoms with Crippen molar-refractivity contribution >= 4 is 0 Å². The predicted octanol–water partition coefficient (Wildman–Crippen LogP) is 4.14. The average Bonchev–Trinajstić information content (AvgIpc) is 2.81. The van der Waals surface area contributed by atoms with Crippen molar-refractivity contribution in [3.05, 3.63) is 0 Å². The Labute approximate surface area is 106 Å². The van der Waals surface area contributed by atoms with Gasteiger partial charge in [0.25, 0.3) is 0 Å². The van der Waals surface area contributed by atoms with Gasteiger partial charge in [-0.15, -0.1) is 0 Å². The van der Waals surface area contributed by atoms with Gasteiger partial charge in [-0.2, -0.15) is 0 Å². The highest BCUT2D eigenvalue weighted by Crippen LogP contribution is 2.72. The van der Waals surface area contributed by atoms with Crippen molar-refractivity contribution < 1.29 is 5.11 Å². The van der Waals surface area contributed by atoms with Gasteiger partial charge in [-0.25, -0.2) is 0 Å². The van der Waals surface area contributed by atoms with Crippen molar-refractivity contribution in [2.75, 3.05) is 0 Å². The third-order valence-electron chi connectivity index (χ3n) is 7.20. The van der Waals surface area contributed by atoms with Gasteiger partial charge >= 0.3 is 0 Å². The van der Waals surface area contributed by atoms with E-state index in [1.54, 1.807) is 0 Å². The summed E-state index contributed by atoms with van der Waals surface area (Å²) in [6.45, 7) is 7.30. The van der Waals surface area contributed by atoms with Crippen LogP contribution in [0.15, 0.2) is 0 Å². The molecule has 1 nitrogen and oxygen atoms in total. The second-order valence-corrected chi connectivity index (χ2v) is 7.69. The maximum Gasteiger partial charge on any atom is 0.0709 e. The van der Waals surface area contributed by atoms with E-state index in [9.17, 15) is 5.11 Å². The third-order valence-corrected chi connectivity index (χ3v) is 7.20. The Kier molecular flexibility index (Phi) is 2.47. The molecule has 0 spiro atoms. The second kappa shape index (κ2) is 3.50. The van der Waals surface area contributed by atoms with E-state index in [1.807, 2.05) is 0 Å². The summed E-state index contributed by atoms with van der Waals surface area (Å²) in [6, 6.07) is 0. The molecule has 1 heteroatoms. The van der Waals surface area contributed by atoms with Crippen LogP contribution < -0.4 is 0 Å². The summed E-state index contributed by atoms with van der Waals surface area (Å²) in [4.78, 5) is 0. The van der Waals surface area contributed by atoms with Gasteiger partial charge in [0.05, 0.1) is 5.60 Å². The number of hydrogen-bond acceptors (Lipinski definition) is 1. The van der Waals surface area contributed by atoms with Crippen molar-refractivity contribution in [3.8, 4) is 0 Å². The number of fused-ring (bicyclic) bond motifs is 2. The van der Waals surface area contributed by atoms with Crippen LogP contribution in [-0.4, -0.2) is 10.7 Å². The third kappa shape index (κ3) is 1.30. The Balaban J connectivity index is 2.00. The summed E-state index contributed by atoms with van der Waals surface area (Å²) in [5, 5.41) is 11.3. The summed E-state index contributed by atoms with van der Waals surface area (Å²) in [6.07, 6.45) is 9.90. The number of rotatable bonds is 1. The van der Waals surface area contributed by atoms with Gasteiger partial charge in [0.1, 0.15) is 0 Å². The van der Waals surface area contributed by atoms with E-state index in [-0.39, 0.29) is 11.0 Å². The molecular weight excluding hydrogens is 208 g/mol. The Morgan fingerprint density at radius 1 is 1.00 bits per heavy atom. The molecule has 17 heavy (non-hydrogen) atoms. The first kappa shape index (κ1) is 12.0. The first-order valence-corrected chi connectivity index (χ1v) is 7.65. The SMILES string of the molecule is CC1C2CCC(C3(O)CCCCC3)(C2)C1(C)C. The Bertz CT molecular complexity index is 313. The van der Waals surface area contributed by atoms with E-state index < -0.39 is 0 Å². The van der Waals surface area contributed by atoms with E-state index in [0.717, 1.165) is 24.7 Å². The molecule has 0 aliphatic heterocycles. The molecule has 0 saturated heterocycles. The van der Waals surface area contributed by atoms with Crippen LogP contribution in [0.25, 0.3) is 0 Å². The lowest BCUT2D eigenvalue weighted by Gasteiger charge is -2.56. The normalized spacial score (nSPS) is 47.3. The van der Waals surface area contributed by atoms with Gasteiger partial charge in [-0.1, -0.05) is 40.0 Å². The van der Waals surface area contributed by atoms with Crippen molar-refractivity contribution in [2.24, 2.45) is 22.7 Å². The van der Waals surface area contributed by atoms with Crippen molar-refractivity contribution in [1.82, 2.24) is 0 Å². The molecule has 0 amide bonds. The molecule has 0 radical (unpaired) electrons. The fourth-order valence-corrected chi connectivity index (χ4v) is 5.76. The van der Waals surface area contributed by atoms with E-state index in [4.69, 9.17) is 0 Å². The maximum absolute atomic E-state index is 11.3. The molecule has 0 heterocycles. The molecule has 3 atom stereocenters. The molecule has 0 aromatic heterocycles. The van der Waals surface area contributed by atoms with Crippen LogP contribution in [0, 0.1) is 22.7 Å². The minimum atomic E-state index is -0.339. The Morgan fingerprint density at radius 2 is 1.65 bits per heavy atom. The van der Waals surface area contributed by atoms with Crippen LogP contribution in [-0.2, 0) is 0 Å². The van der Waals surface area contributed by atoms with Crippen molar-refractivity contribution in [2.45, 2.75) is 77.7 Å². The lowest BCUT2D eigenvalue weighted by Crippen LogP contribution is -2.55. The molecule has 3 rings (SSSR count). The van der Waals surface area contributed by atoms with Crippen LogP contribution in [0.4, 0.5) is 0 Å². The zero-order valence-electron chi connectivity index (χ0n) is 11.8. The van der Waals surface area contributed by atoms with Crippen LogP contribution >= 0.6 is 0 Å². The monoisotopic (exact) mass is 236 g/mol. The first-order valence-electron chi connectivity index (χ1n) is 7.65. The molecule has 3 aliphatic carbocycles. The molecule has 98 valence electrons. The predicted molar refractivity (Wildman–Crippen MR) is 70.8 cm³/mol. The molecule has 3 unspecified atom stereocenters. The van der Waals surface area contributed by atoms with E-state index in [2.05, 4.69) is 20.8 Å². The van der Waals surface area contributed by atoms with Gasteiger partial charge in [0, 0.05) is 5.41 Å². The fourth-order valence-electron chi connectivity index (χ4n) is 5.76. The highest BCUT2D eigenvalue weighted by atomic mass is 16.3. The number of aliphatic hydroxyl groups is 1. The van der Waals surface area contributed by atoms with Crippen LogP contribution in [0.3, 0.4) is 0 Å². The van der Waals surface area contributed by atoms with Gasteiger partial charge in [-0.3, -0.25) is 0 Å². The molecule has 2 bridgehead atoms. The Hall–Kier alpha value is -0.0400. The molecule has 0 aromatic rings. The molecular formula is C16H28O. The lowest BCUT2D eigenvalue weighted by atomic mass is 9.51. The van der Waals surface area contributed by atoms with Crippen molar-refractivity contribution in [3.63, 3.8) is 0 Å². The minimum Gasteiger partial charge on any atom is -0.389 e. The smallest absolute Gasteiger partial charge is 0.0709 e. The van der Waals surface area contributed by atoms with E-state index in [1.165, 1.54) is 38.5 Å². The molecule has 3 fully saturated rings. The summed E-state index contributed by atoms with van der Waals surface area (Å²) < 4.78 is 0. The van der Waals surface area contributed by atoms with Gasteiger partial charge < -0.3 is 5.11 Å². The number of hydrogen-bond donors (Lipinski definition) is 1. The first-order chi connectivity index (χ1) is 7.93. The van der Waals surface area contributed by atoms with E-state index in [0.29, 0.717) is 5.41 Å². The quantitative estimate of drug-likeness (QED) is 0.725. The highest BCUT2D eigenvalue weighted by Gasteiger charge is 2.68. The maximum atomic E-state index is 11.3. The van der Waals surface area contributed by atoms with Crippen LogP contribution in [0.1, 0.15) is 72.1 Å². The lowest BCUT2D eigenvalue weighted by molar-refractivity contribution is -0.161.